The molecule has 0 bridgehead atoms. The molecule has 2 saturated heterocycles. The molecular formula is C32H32N4O2S2. The van der Waals surface area contributed by atoms with Crippen molar-refractivity contribution in [3.05, 3.63) is 103 Å². The Hall–Kier alpha value is -3.67. The number of benzene rings is 2. The molecule has 0 saturated carbocycles. The Bertz CT molecular complexity index is 1580. The van der Waals surface area contributed by atoms with Gasteiger partial charge in [0.25, 0.3) is 11.5 Å². The van der Waals surface area contributed by atoms with E-state index in [2.05, 4.69) is 35.2 Å². The summed E-state index contributed by atoms with van der Waals surface area (Å²) in [6.45, 7) is 5.82. The second kappa shape index (κ2) is 11.8. The molecule has 3 aromatic rings. The molecule has 2 aliphatic rings. The Morgan fingerprint density at radius 2 is 1.70 bits per heavy atom. The van der Waals surface area contributed by atoms with Gasteiger partial charge in [-0.25, -0.2) is 0 Å². The van der Waals surface area contributed by atoms with E-state index in [4.69, 9.17) is 12.2 Å². The zero-order valence-electron chi connectivity index (χ0n) is 23.0. The lowest BCUT2D eigenvalue weighted by Crippen LogP contribution is -2.39. The molecule has 40 heavy (non-hydrogen) atoms. The molecule has 0 spiro atoms. The zero-order valence-corrected chi connectivity index (χ0v) is 24.6. The number of carbonyl (C=O) groups excluding carboxylic acids is 1. The maximum Gasteiger partial charge on any atom is 0.270 e. The molecule has 0 radical (unpaired) electrons. The second-order valence-electron chi connectivity index (χ2n) is 10.6. The summed E-state index contributed by atoms with van der Waals surface area (Å²) in [6, 6.07) is 20.7. The standard InChI is InChI=1S/C32H32N4O2S2/c1-21-9-11-25(12-10-21)20-36-31(38)28(40-32(36)39)18-26-22(2)27(19-33)30(37)34(3)29(26)35-15-13-24(14-16-35)17-23-7-5-4-6-8-23/h4-12,18,24H,13-17,20H2,1-3H3. The maximum atomic E-state index is 13.5. The average Bonchev–Trinajstić information content (AvgIpc) is 3.22. The fraction of sp³-hybridized carbons (Fsp3) is 0.312. The Morgan fingerprint density at radius 3 is 2.35 bits per heavy atom. The van der Waals surface area contributed by atoms with E-state index >= 15 is 0 Å². The molecule has 2 fully saturated rings. The molecule has 6 nitrogen and oxygen atoms in total. The van der Waals surface area contributed by atoms with Crippen LogP contribution in [0.15, 0.2) is 64.3 Å². The van der Waals surface area contributed by atoms with Crippen molar-refractivity contribution in [2.75, 3.05) is 18.0 Å². The number of amides is 1. The van der Waals surface area contributed by atoms with Crippen LogP contribution in [0.2, 0.25) is 0 Å². The number of nitriles is 1. The Kier molecular flexibility index (Phi) is 8.24. The molecule has 3 heterocycles. The normalized spacial score (nSPS) is 17.1. The highest BCUT2D eigenvalue weighted by Crippen LogP contribution is 2.37. The number of aromatic nitrogens is 1. The Morgan fingerprint density at radius 1 is 1.02 bits per heavy atom. The van der Waals surface area contributed by atoms with Gasteiger partial charge in [0.2, 0.25) is 0 Å². The minimum absolute atomic E-state index is 0.103. The SMILES string of the molecule is Cc1ccc(CN2C(=O)C(=Cc3c(C)c(C#N)c(=O)n(C)c3N3CCC(Cc4ccccc4)CC3)SC2=S)cc1. The third kappa shape index (κ3) is 5.63. The highest BCUT2D eigenvalue weighted by molar-refractivity contribution is 8.26. The number of carbonyl (C=O) groups is 1. The molecule has 1 amide bonds. The van der Waals surface area contributed by atoms with Gasteiger partial charge < -0.3 is 4.90 Å². The van der Waals surface area contributed by atoms with Gasteiger partial charge in [-0.3, -0.25) is 19.1 Å². The van der Waals surface area contributed by atoms with Gasteiger partial charge >= 0.3 is 0 Å². The van der Waals surface area contributed by atoms with Crippen LogP contribution in [0.4, 0.5) is 5.82 Å². The van der Waals surface area contributed by atoms with E-state index in [1.807, 2.05) is 43.3 Å². The minimum Gasteiger partial charge on any atom is -0.357 e. The average molecular weight is 569 g/mol. The first kappa shape index (κ1) is 27.9. The Balaban J connectivity index is 1.45. The Labute approximate surface area is 244 Å². The van der Waals surface area contributed by atoms with Crippen molar-refractivity contribution in [2.45, 2.75) is 39.7 Å². The molecule has 0 atom stereocenters. The quantitative estimate of drug-likeness (QED) is 0.279. The van der Waals surface area contributed by atoms with Crippen molar-refractivity contribution < 1.29 is 4.79 Å². The van der Waals surface area contributed by atoms with E-state index in [1.54, 1.807) is 23.4 Å². The molecule has 2 aliphatic heterocycles. The summed E-state index contributed by atoms with van der Waals surface area (Å²) in [5.74, 6) is 1.16. The van der Waals surface area contributed by atoms with Gasteiger partial charge in [0.1, 0.15) is 21.8 Å². The summed E-state index contributed by atoms with van der Waals surface area (Å²) < 4.78 is 2.07. The fourth-order valence-electron chi connectivity index (χ4n) is 5.53. The van der Waals surface area contributed by atoms with Crippen LogP contribution in [0.25, 0.3) is 6.08 Å². The monoisotopic (exact) mass is 568 g/mol. The van der Waals surface area contributed by atoms with Gasteiger partial charge in [-0.05, 0) is 61.8 Å². The van der Waals surface area contributed by atoms with E-state index in [0.29, 0.717) is 27.3 Å². The highest BCUT2D eigenvalue weighted by Gasteiger charge is 2.33. The topological polar surface area (TPSA) is 69.3 Å². The van der Waals surface area contributed by atoms with Gasteiger partial charge in [0.15, 0.2) is 0 Å². The summed E-state index contributed by atoms with van der Waals surface area (Å²) in [5, 5.41) is 9.81. The van der Waals surface area contributed by atoms with Crippen LogP contribution in [0, 0.1) is 31.1 Å². The summed E-state index contributed by atoms with van der Waals surface area (Å²) in [7, 11) is 1.72. The van der Waals surface area contributed by atoms with Gasteiger partial charge in [0.05, 0.1) is 11.4 Å². The van der Waals surface area contributed by atoms with E-state index in [0.717, 1.165) is 54.9 Å². The lowest BCUT2D eigenvalue weighted by molar-refractivity contribution is -0.122. The molecule has 0 N–H and O–H groups in total. The zero-order chi connectivity index (χ0) is 28.4. The largest absolute Gasteiger partial charge is 0.357 e. The van der Waals surface area contributed by atoms with Crippen LogP contribution in [-0.2, 0) is 24.8 Å². The van der Waals surface area contributed by atoms with Crippen molar-refractivity contribution >= 4 is 46.1 Å². The van der Waals surface area contributed by atoms with Crippen molar-refractivity contribution in [3.63, 3.8) is 0 Å². The molecule has 0 unspecified atom stereocenters. The first-order chi connectivity index (χ1) is 19.3. The van der Waals surface area contributed by atoms with Crippen LogP contribution in [0.5, 0.6) is 0 Å². The van der Waals surface area contributed by atoms with Gasteiger partial charge in [-0.1, -0.05) is 84.1 Å². The number of hydrogen-bond acceptors (Lipinski definition) is 6. The van der Waals surface area contributed by atoms with Gasteiger partial charge in [-0.15, -0.1) is 0 Å². The second-order valence-corrected chi connectivity index (χ2v) is 12.3. The van der Waals surface area contributed by atoms with Gasteiger partial charge in [0, 0.05) is 25.7 Å². The first-order valence-electron chi connectivity index (χ1n) is 13.5. The number of piperidine rings is 1. The minimum atomic E-state index is -0.314. The summed E-state index contributed by atoms with van der Waals surface area (Å²) in [4.78, 5) is 31.0. The van der Waals surface area contributed by atoms with Crippen molar-refractivity contribution in [2.24, 2.45) is 13.0 Å². The van der Waals surface area contributed by atoms with E-state index in [-0.39, 0.29) is 17.0 Å². The molecule has 5 rings (SSSR count). The predicted octanol–water partition coefficient (Wildman–Crippen LogP) is 5.73. The predicted molar refractivity (Wildman–Crippen MR) is 166 cm³/mol. The van der Waals surface area contributed by atoms with Crippen molar-refractivity contribution in [3.8, 4) is 6.07 Å². The lowest BCUT2D eigenvalue weighted by Gasteiger charge is -2.36. The highest BCUT2D eigenvalue weighted by atomic mass is 32.2. The van der Waals surface area contributed by atoms with E-state index in [9.17, 15) is 14.9 Å². The van der Waals surface area contributed by atoms with Crippen molar-refractivity contribution in [1.82, 2.24) is 9.47 Å². The first-order valence-corrected chi connectivity index (χ1v) is 14.7. The number of nitrogens with zero attached hydrogens (tertiary/aromatic N) is 4. The molecule has 0 aliphatic carbocycles. The number of pyridine rings is 1. The molecule has 1 aromatic heterocycles. The molecule has 2 aromatic carbocycles. The van der Waals surface area contributed by atoms with Crippen LogP contribution >= 0.6 is 24.0 Å². The summed E-state index contributed by atoms with van der Waals surface area (Å²) in [6.07, 6.45) is 4.87. The van der Waals surface area contributed by atoms with Crippen LogP contribution in [0.3, 0.4) is 0 Å². The smallest absolute Gasteiger partial charge is 0.270 e. The fourth-order valence-corrected chi connectivity index (χ4v) is 6.77. The number of rotatable bonds is 6. The van der Waals surface area contributed by atoms with Crippen molar-refractivity contribution in [1.29, 1.82) is 5.26 Å². The van der Waals surface area contributed by atoms with E-state index < -0.39 is 0 Å². The molecule has 8 heteroatoms. The van der Waals surface area contributed by atoms with Crippen LogP contribution in [0.1, 0.15) is 46.2 Å². The number of thioether (sulfide) groups is 1. The molecule has 204 valence electrons. The number of hydrogen-bond donors (Lipinski definition) is 0. The number of anilines is 1. The third-order valence-electron chi connectivity index (χ3n) is 7.86. The lowest BCUT2D eigenvalue weighted by atomic mass is 9.90. The third-order valence-corrected chi connectivity index (χ3v) is 9.24. The molecular weight excluding hydrogens is 537 g/mol. The van der Waals surface area contributed by atoms with Crippen LogP contribution < -0.4 is 10.5 Å². The number of thiocarbonyl (C=S) groups is 1. The van der Waals surface area contributed by atoms with Crippen LogP contribution in [-0.4, -0.2) is 32.8 Å². The van der Waals surface area contributed by atoms with E-state index in [1.165, 1.54) is 17.3 Å². The van der Waals surface area contributed by atoms with Gasteiger partial charge in [-0.2, -0.15) is 5.26 Å². The maximum absolute atomic E-state index is 13.5. The number of aryl methyl sites for hydroxylation is 1. The summed E-state index contributed by atoms with van der Waals surface area (Å²) in [5.41, 5.74) is 4.62. The summed E-state index contributed by atoms with van der Waals surface area (Å²) >= 11 is 6.87.